The summed E-state index contributed by atoms with van der Waals surface area (Å²) >= 11 is 10.3. The molecule has 3 aromatic rings. The molecule has 0 aliphatic heterocycles. The number of aromatic nitrogens is 2. The SMILES string of the molecule is Cc1c(CNCCCNc2nc3cscc3c(=O)[nH]2)sc(Br)c1Br. The largest absolute Gasteiger partial charge is 0.356 e. The third-order valence-corrected chi connectivity index (χ3v) is 8.07. The second-order valence-electron chi connectivity index (χ2n) is 5.28. The Balaban J connectivity index is 1.43. The van der Waals surface area contributed by atoms with Gasteiger partial charge in [-0.15, -0.1) is 22.7 Å². The lowest BCUT2D eigenvalue weighted by Crippen LogP contribution is -2.19. The molecule has 0 radical (unpaired) electrons. The first-order chi connectivity index (χ1) is 11.6. The number of thiophene rings is 2. The molecule has 0 saturated carbocycles. The minimum Gasteiger partial charge on any atom is -0.356 e. The molecular formula is C15H16Br2N4OS2. The number of nitrogens with one attached hydrogen (secondary N) is 3. The number of halogens is 2. The standard InChI is InChI=1S/C15H16Br2N4OS2/c1-8-11(24-13(17)12(8)16)5-18-3-2-4-19-15-20-10-7-23-6-9(10)14(22)21-15/h6-7,18H,2-5H2,1H3,(H2,19,20,21,22). The Morgan fingerprint density at radius 3 is 2.88 bits per heavy atom. The normalized spacial score (nSPS) is 11.3. The Morgan fingerprint density at radius 2 is 2.12 bits per heavy atom. The average molecular weight is 492 g/mol. The smallest absolute Gasteiger partial charge is 0.261 e. The summed E-state index contributed by atoms with van der Waals surface area (Å²) in [7, 11) is 0. The minimum absolute atomic E-state index is 0.0915. The van der Waals surface area contributed by atoms with Gasteiger partial charge < -0.3 is 10.6 Å². The van der Waals surface area contributed by atoms with Crippen molar-refractivity contribution in [3.63, 3.8) is 0 Å². The van der Waals surface area contributed by atoms with E-state index in [1.807, 2.05) is 10.8 Å². The molecule has 0 unspecified atom stereocenters. The molecule has 3 aromatic heterocycles. The van der Waals surface area contributed by atoms with Gasteiger partial charge in [-0.1, -0.05) is 0 Å². The van der Waals surface area contributed by atoms with Gasteiger partial charge in [0, 0.05) is 33.2 Å². The number of H-pyrrole nitrogens is 1. The fraction of sp³-hybridized carbons (Fsp3) is 0.333. The summed E-state index contributed by atoms with van der Waals surface area (Å²) in [5, 5.41) is 11.0. The predicted molar refractivity (Wildman–Crippen MR) is 110 cm³/mol. The van der Waals surface area contributed by atoms with Gasteiger partial charge in [0.15, 0.2) is 0 Å². The van der Waals surface area contributed by atoms with Gasteiger partial charge in [0.2, 0.25) is 5.95 Å². The molecule has 3 N–H and O–H groups in total. The van der Waals surface area contributed by atoms with Gasteiger partial charge >= 0.3 is 0 Å². The van der Waals surface area contributed by atoms with E-state index in [9.17, 15) is 4.79 Å². The topological polar surface area (TPSA) is 69.8 Å². The first-order valence-corrected chi connectivity index (χ1v) is 10.7. The lowest BCUT2D eigenvalue weighted by atomic mass is 10.3. The summed E-state index contributed by atoms with van der Waals surface area (Å²) in [6.45, 7) is 4.62. The zero-order chi connectivity index (χ0) is 17.1. The molecule has 3 rings (SSSR count). The molecule has 24 heavy (non-hydrogen) atoms. The first kappa shape index (κ1) is 18.1. The molecule has 0 aliphatic rings. The number of anilines is 1. The third-order valence-electron chi connectivity index (χ3n) is 3.59. The first-order valence-electron chi connectivity index (χ1n) is 7.40. The van der Waals surface area contributed by atoms with Crippen LogP contribution in [0.3, 0.4) is 0 Å². The fourth-order valence-corrected chi connectivity index (χ4v) is 5.37. The number of aromatic amines is 1. The lowest BCUT2D eigenvalue weighted by molar-refractivity contribution is 0.666. The highest BCUT2D eigenvalue weighted by Crippen LogP contribution is 2.36. The van der Waals surface area contributed by atoms with Gasteiger partial charge in [-0.05, 0) is 57.3 Å². The van der Waals surface area contributed by atoms with E-state index < -0.39 is 0 Å². The van der Waals surface area contributed by atoms with Crippen molar-refractivity contribution in [2.45, 2.75) is 19.9 Å². The van der Waals surface area contributed by atoms with Crippen molar-refractivity contribution in [1.82, 2.24) is 15.3 Å². The van der Waals surface area contributed by atoms with E-state index in [2.05, 4.69) is 59.4 Å². The van der Waals surface area contributed by atoms with Crippen molar-refractivity contribution in [3.05, 3.63) is 39.8 Å². The fourth-order valence-electron chi connectivity index (χ4n) is 2.24. The van der Waals surface area contributed by atoms with Crippen LogP contribution < -0.4 is 16.2 Å². The molecular weight excluding hydrogens is 476 g/mol. The van der Waals surface area contributed by atoms with Crippen LogP contribution in [0.1, 0.15) is 16.9 Å². The van der Waals surface area contributed by atoms with E-state index in [0.29, 0.717) is 11.3 Å². The summed E-state index contributed by atoms with van der Waals surface area (Å²) in [5.41, 5.74) is 1.93. The van der Waals surface area contributed by atoms with Gasteiger partial charge in [0.05, 0.1) is 14.7 Å². The highest BCUT2D eigenvalue weighted by atomic mass is 79.9. The van der Waals surface area contributed by atoms with Crippen molar-refractivity contribution in [2.24, 2.45) is 0 Å². The summed E-state index contributed by atoms with van der Waals surface area (Å²) < 4.78 is 2.28. The second-order valence-corrected chi connectivity index (χ2v) is 9.24. The zero-order valence-corrected chi connectivity index (χ0v) is 17.7. The molecule has 0 aliphatic carbocycles. The van der Waals surface area contributed by atoms with Crippen LogP contribution >= 0.6 is 54.5 Å². The van der Waals surface area contributed by atoms with E-state index in [1.54, 1.807) is 11.3 Å². The monoisotopic (exact) mass is 490 g/mol. The van der Waals surface area contributed by atoms with Crippen LogP contribution in [-0.4, -0.2) is 23.1 Å². The second kappa shape index (κ2) is 8.09. The molecule has 0 amide bonds. The summed E-state index contributed by atoms with van der Waals surface area (Å²) in [6, 6.07) is 0. The van der Waals surface area contributed by atoms with Crippen LogP contribution in [0.4, 0.5) is 5.95 Å². The van der Waals surface area contributed by atoms with E-state index in [1.165, 1.54) is 21.8 Å². The van der Waals surface area contributed by atoms with E-state index >= 15 is 0 Å². The molecule has 128 valence electrons. The van der Waals surface area contributed by atoms with Gasteiger partial charge in [0.25, 0.3) is 5.56 Å². The van der Waals surface area contributed by atoms with Crippen molar-refractivity contribution >= 4 is 71.4 Å². The average Bonchev–Trinajstić information content (AvgIpc) is 3.12. The van der Waals surface area contributed by atoms with Crippen molar-refractivity contribution < 1.29 is 0 Å². The van der Waals surface area contributed by atoms with Crippen molar-refractivity contribution in [1.29, 1.82) is 0 Å². The molecule has 0 saturated heterocycles. The lowest BCUT2D eigenvalue weighted by Gasteiger charge is -2.07. The maximum Gasteiger partial charge on any atom is 0.261 e. The molecule has 0 aromatic carbocycles. The molecule has 0 fully saturated rings. The van der Waals surface area contributed by atoms with E-state index in [0.717, 1.165) is 39.8 Å². The van der Waals surface area contributed by atoms with Crippen LogP contribution in [0.5, 0.6) is 0 Å². The quantitative estimate of drug-likeness (QED) is 0.426. The highest BCUT2D eigenvalue weighted by Gasteiger charge is 2.10. The molecule has 0 spiro atoms. The molecule has 9 heteroatoms. The molecule has 3 heterocycles. The van der Waals surface area contributed by atoms with Crippen LogP contribution in [0, 0.1) is 6.92 Å². The summed E-state index contributed by atoms with van der Waals surface area (Å²) in [5.74, 6) is 0.535. The predicted octanol–water partition coefficient (Wildman–Crippen LogP) is 4.47. The molecule has 0 atom stereocenters. The maximum atomic E-state index is 11.9. The summed E-state index contributed by atoms with van der Waals surface area (Å²) in [4.78, 5) is 20.4. The molecule has 5 nitrogen and oxygen atoms in total. The Kier molecular flexibility index (Phi) is 6.09. The van der Waals surface area contributed by atoms with E-state index in [-0.39, 0.29) is 5.56 Å². The number of fused-ring (bicyclic) bond motifs is 1. The van der Waals surface area contributed by atoms with Gasteiger partial charge in [-0.25, -0.2) is 4.98 Å². The van der Waals surface area contributed by atoms with Gasteiger partial charge in [0.1, 0.15) is 0 Å². The Bertz CT molecular complexity index is 903. The van der Waals surface area contributed by atoms with Crippen LogP contribution in [0.25, 0.3) is 10.9 Å². The molecule has 0 bridgehead atoms. The third kappa shape index (κ3) is 4.08. The summed E-state index contributed by atoms with van der Waals surface area (Å²) in [6.07, 6.45) is 0.943. The minimum atomic E-state index is -0.0915. The Labute approximate surface area is 164 Å². The van der Waals surface area contributed by atoms with Crippen molar-refractivity contribution in [2.75, 3.05) is 18.4 Å². The number of hydrogen-bond donors (Lipinski definition) is 3. The Morgan fingerprint density at radius 1 is 1.29 bits per heavy atom. The highest BCUT2D eigenvalue weighted by molar-refractivity contribution is 9.13. The van der Waals surface area contributed by atoms with Crippen LogP contribution in [0.2, 0.25) is 0 Å². The van der Waals surface area contributed by atoms with Crippen LogP contribution in [0.15, 0.2) is 23.8 Å². The maximum absolute atomic E-state index is 11.9. The zero-order valence-electron chi connectivity index (χ0n) is 12.9. The number of nitrogens with zero attached hydrogens (tertiary/aromatic N) is 1. The van der Waals surface area contributed by atoms with Gasteiger partial charge in [-0.3, -0.25) is 9.78 Å². The Hall–Kier alpha value is -0.740. The number of rotatable bonds is 7. The number of hydrogen-bond acceptors (Lipinski definition) is 6. The van der Waals surface area contributed by atoms with Crippen molar-refractivity contribution in [3.8, 4) is 0 Å². The van der Waals surface area contributed by atoms with Crippen LogP contribution in [-0.2, 0) is 6.54 Å². The van der Waals surface area contributed by atoms with Gasteiger partial charge in [-0.2, -0.15) is 0 Å². The van der Waals surface area contributed by atoms with E-state index in [4.69, 9.17) is 0 Å².